The summed E-state index contributed by atoms with van der Waals surface area (Å²) in [5.41, 5.74) is 2.20. The minimum absolute atomic E-state index is 0.0345. The Kier molecular flexibility index (Phi) is 6.36. The zero-order valence-electron chi connectivity index (χ0n) is 13.4. The van der Waals surface area contributed by atoms with Gasteiger partial charge in [0.1, 0.15) is 0 Å². The number of benzene rings is 1. The molecule has 1 saturated heterocycles. The van der Waals surface area contributed by atoms with Crippen molar-refractivity contribution in [2.24, 2.45) is 5.92 Å². The summed E-state index contributed by atoms with van der Waals surface area (Å²) in [4.78, 5) is 14.1. The maximum atomic E-state index is 12.0. The second-order valence-corrected chi connectivity index (χ2v) is 6.05. The molecule has 0 aliphatic carbocycles. The van der Waals surface area contributed by atoms with Crippen LogP contribution in [0.3, 0.4) is 0 Å². The number of ether oxygens (including phenoxy) is 1. The van der Waals surface area contributed by atoms with Crippen molar-refractivity contribution in [2.45, 2.75) is 32.6 Å². The molecule has 22 heavy (non-hydrogen) atoms. The Bertz CT molecular complexity index is 473. The van der Waals surface area contributed by atoms with E-state index < -0.39 is 0 Å². The molecule has 0 spiro atoms. The van der Waals surface area contributed by atoms with Gasteiger partial charge in [0.25, 0.3) is 0 Å². The van der Waals surface area contributed by atoms with Crippen LogP contribution >= 0.6 is 0 Å². The number of hydrogen-bond donors (Lipinski definition) is 2. The van der Waals surface area contributed by atoms with E-state index in [9.17, 15) is 9.90 Å². The van der Waals surface area contributed by atoms with Crippen LogP contribution < -0.4 is 5.32 Å². The summed E-state index contributed by atoms with van der Waals surface area (Å²) in [5.74, 6) is 0.327. The van der Waals surface area contributed by atoms with E-state index in [0.29, 0.717) is 25.6 Å². The molecule has 0 radical (unpaired) electrons. The summed E-state index contributed by atoms with van der Waals surface area (Å²) in [6.07, 6.45) is 0.671. The number of carbonyl (C=O) groups excluding carboxylic acids is 1. The van der Waals surface area contributed by atoms with Crippen LogP contribution in [0.25, 0.3) is 0 Å². The molecule has 2 N–H and O–H groups in total. The summed E-state index contributed by atoms with van der Waals surface area (Å²) in [6.45, 7) is 5.06. The Balaban J connectivity index is 1.71. The largest absolute Gasteiger partial charge is 0.393 e. The Morgan fingerprint density at radius 3 is 2.68 bits per heavy atom. The Labute approximate surface area is 132 Å². The number of amides is 1. The van der Waals surface area contributed by atoms with Crippen molar-refractivity contribution in [3.8, 4) is 0 Å². The van der Waals surface area contributed by atoms with Gasteiger partial charge in [0.2, 0.25) is 5.91 Å². The maximum Gasteiger partial charge on any atom is 0.234 e. The van der Waals surface area contributed by atoms with E-state index in [4.69, 9.17) is 4.74 Å². The highest BCUT2D eigenvalue weighted by Crippen LogP contribution is 2.18. The number of rotatable bonds is 7. The highest BCUT2D eigenvalue weighted by atomic mass is 16.5. The number of hydrogen-bond acceptors (Lipinski definition) is 4. The van der Waals surface area contributed by atoms with E-state index in [1.807, 2.05) is 31.2 Å². The van der Waals surface area contributed by atoms with Gasteiger partial charge in [-0.3, -0.25) is 9.69 Å². The summed E-state index contributed by atoms with van der Waals surface area (Å²) < 4.78 is 5.07. The minimum Gasteiger partial charge on any atom is -0.393 e. The van der Waals surface area contributed by atoms with Crippen molar-refractivity contribution in [1.82, 2.24) is 10.2 Å². The molecule has 1 amide bonds. The normalized spacial score (nSPS) is 20.0. The Morgan fingerprint density at radius 1 is 1.41 bits per heavy atom. The van der Waals surface area contributed by atoms with Crippen molar-refractivity contribution in [3.05, 3.63) is 35.4 Å². The quantitative estimate of drug-likeness (QED) is 0.793. The average Bonchev–Trinajstić information content (AvgIpc) is 2.95. The fraction of sp³-hybridized carbons (Fsp3) is 0.588. The van der Waals surface area contributed by atoms with Crippen molar-refractivity contribution in [3.63, 3.8) is 0 Å². The molecule has 5 heteroatoms. The second-order valence-electron chi connectivity index (χ2n) is 6.05. The van der Waals surface area contributed by atoms with Crippen molar-refractivity contribution < 1.29 is 14.6 Å². The molecule has 1 aliphatic heterocycles. The summed E-state index contributed by atoms with van der Waals surface area (Å²) in [7, 11) is 1.68. The summed E-state index contributed by atoms with van der Waals surface area (Å²) in [5, 5.41) is 12.5. The highest BCUT2D eigenvalue weighted by molar-refractivity contribution is 5.78. The lowest BCUT2D eigenvalue weighted by Crippen LogP contribution is -2.36. The first-order chi connectivity index (χ1) is 10.6. The first-order valence-corrected chi connectivity index (χ1v) is 7.82. The van der Waals surface area contributed by atoms with E-state index in [0.717, 1.165) is 30.6 Å². The van der Waals surface area contributed by atoms with Gasteiger partial charge in [-0.1, -0.05) is 24.3 Å². The molecular formula is C17H26N2O3. The molecule has 1 fully saturated rings. The monoisotopic (exact) mass is 306 g/mol. The molecule has 0 bridgehead atoms. The van der Waals surface area contributed by atoms with E-state index in [-0.39, 0.29) is 12.0 Å². The molecule has 5 nitrogen and oxygen atoms in total. The molecule has 1 aromatic rings. The molecule has 0 saturated carbocycles. The number of methoxy groups -OCH3 is 1. The lowest BCUT2D eigenvalue weighted by atomic mass is 10.0. The lowest BCUT2D eigenvalue weighted by Gasteiger charge is -2.17. The molecule has 2 rings (SSSR count). The van der Waals surface area contributed by atoms with Crippen molar-refractivity contribution in [2.75, 3.05) is 26.7 Å². The molecule has 2 unspecified atom stereocenters. The predicted octanol–water partition coefficient (Wildman–Crippen LogP) is 1.15. The van der Waals surface area contributed by atoms with Gasteiger partial charge < -0.3 is 15.2 Å². The maximum absolute atomic E-state index is 12.0. The van der Waals surface area contributed by atoms with E-state index in [1.54, 1.807) is 7.11 Å². The first kappa shape index (κ1) is 16.9. The molecule has 1 heterocycles. The third kappa shape index (κ3) is 5.09. The lowest BCUT2D eigenvalue weighted by molar-refractivity contribution is -0.122. The van der Waals surface area contributed by atoms with Gasteiger partial charge >= 0.3 is 0 Å². The van der Waals surface area contributed by atoms with Gasteiger partial charge in [-0.2, -0.15) is 0 Å². The fourth-order valence-corrected chi connectivity index (χ4v) is 2.78. The van der Waals surface area contributed by atoms with Gasteiger partial charge in [-0.15, -0.1) is 0 Å². The topological polar surface area (TPSA) is 61.8 Å². The van der Waals surface area contributed by atoms with Crippen LogP contribution in [0.4, 0.5) is 0 Å². The van der Waals surface area contributed by atoms with Crippen molar-refractivity contribution in [1.29, 1.82) is 0 Å². The number of aliphatic hydroxyl groups is 1. The van der Waals surface area contributed by atoms with Crippen LogP contribution in [0.5, 0.6) is 0 Å². The first-order valence-electron chi connectivity index (χ1n) is 7.82. The van der Waals surface area contributed by atoms with Gasteiger partial charge in [-0.25, -0.2) is 0 Å². The van der Waals surface area contributed by atoms with Gasteiger partial charge in [0, 0.05) is 20.2 Å². The van der Waals surface area contributed by atoms with Crippen LogP contribution in [0.1, 0.15) is 24.5 Å². The Morgan fingerprint density at radius 2 is 2.09 bits per heavy atom. The third-order valence-corrected chi connectivity index (χ3v) is 4.18. The number of nitrogens with one attached hydrogen (secondary N) is 1. The van der Waals surface area contributed by atoms with Crippen LogP contribution in [-0.2, 0) is 22.7 Å². The Hall–Kier alpha value is -1.43. The summed E-state index contributed by atoms with van der Waals surface area (Å²) >= 11 is 0. The van der Waals surface area contributed by atoms with Crippen LogP contribution in [-0.4, -0.2) is 48.8 Å². The molecule has 1 aliphatic rings. The van der Waals surface area contributed by atoms with Gasteiger partial charge in [-0.05, 0) is 36.9 Å². The van der Waals surface area contributed by atoms with Crippen LogP contribution in [0, 0.1) is 5.92 Å². The van der Waals surface area contributed by atoms with Crippen molar-refractivity contribution >= 4 is 5.91 Å². The number of nitrogens with zero attached hydrogens (tertiary/aromatic N) is 1. The second kappa shape index (κ2) is 8.27. The molecule has 122 valence electrons. The van der Waals surface area contributed by atoms with Crippen LogP contribution in [0.2, 0.25) is 0 Å². The predicted molar refractivity (Wildman–Crippen MR) is 85.2 cm³/mol. The fourth-order valence-electron chi connectivity index (χ4n) is 2.78. The van der Waals surface area contributed by atoms with Gasteiger partial charge in [0.15, 0.2) is 0 Å². The zero-order chi connectivity index (χ0) is 15.9. The zero-order valence-corrected chi connectivity index (χ0v) is 13.4. The molecule has 1 aromatic carbocycles. The molecule has 2 atom stereocenters. The standard InChI is InChI=1S/C17H26N2O3/c1-13(20)16-7-8-19(10-16)11-17(21)18-9-14-3-5-15(6-4-14)12-22-2/h3-6,13,16,20H,7-12H2,1-2H3,(H,18,21). The van der Waals surface area contributed by atoms with Crippen LogP contribution in [0.15, 0.2) is 24.3 Å². The molecular weight excluding hydrogens is 280 g/mol. The van der Waals surface area contributed by atoms with Gasteiger partial charge in [0.05, 0.1) is 19.3 Å². The summed E-state index contributed by atoms with van der Waals surface area (Å²) in [6, 6.07) is 8.04. The highest BCUT2D eigenvalue weighted by Gasteiger charge is 2.26. The average molecular weight is 306 g/mol. The minimum atomic E-state index is -0.293. The number of carbonyl (C=O) groups is 1. The van der Waals surface area contributed by atoms with E-state index >= 15 is 0 Å². The molecule has 0 aromatic heterocycles. The van der Waals surface area contributed by atoms with E-state index in [2.05, 4.69) is 10.2 Å². The smallest absolute Gasteiger partial charge is 0.234 e. The third-order valence-electron chi connectivity index (χ3n) is 4.18. The van der Waals surface area contributed by atoms with E-state index in [1.165, 1.54) is 0 Å². The number of likely N-dealkylation sites (tertiary alicyclic amines) is 1. The number of aliphatic hydroxyl groups excluding tert-OH is 1. The SMILES string of the molecule is COCc1ccc(CNC(=O)CN2CCC(C(C)O)C2)cc1.